The zero-order chi connectivity index (χ0) is 10.0. The van der Waals surface area contributed by atoms with Gasteiger partial charge in [0.15, 0.2) is 0 Å². The SMILES string of the molecule is Cc1ccc(C#N)c(Cl)c1C(=O)O. The average molecular weight is 196 g/mol. The van der Waals surface area contributed by atoms with Gasteiger partial charge < -0.3 is 5.11 Å². The fourth-order valence-electron chi connectivity index (χ4n) is 1.02. The van der Waals surface area contributed by atoms with Gasteiger partial charge in [-0.05, 0) is 18.6 Å². The molecule has 0 aromatic heterocycles. The maximum absolute atomic E-state index is 10.7. The topological polar surface area (TPSA) is 61.1 Å². The second-order valence-electron chi connectivity index (χ2n) is 2.54. The zero-order valence-electron chi connectivity index (χ0n) is 6.84. The van der Waals surface area contributed by atoms with Gasteiger partial charge in [-0.1, -0.05) is 17.7 Å². The number of hydrogen-bond donors (Lipinski definition) is 1. The molecule has 0 radical (unpaired) electrons. The van der Waals surface area contributed by atoms with Gasteiger partial charge in [0.1, 0.15) is 6.07 Å². The normalized spacial score (nSPS) is 9.31. The number of carboxylic acids is 1. The lowest BCUT2D eigenvalue weighted by molar-refractivity contribution is 0.0696. The van der Waals surface area contributed by atoms with Gasteiger partial charge >= 0.3 is 5.97 Å². The molecular weight excluding hydrogens is 190 g/mol. The lowest BCUT2D eigenvalue weighted by Crippen LogP contribution is -2.02. The van der Waals surface area contributed by atoms with E-state index in [1.807, 2.05) is 6.07 Å². The summed E-state index contributed by atoms with van der Waals surface area (Å²) >= 11 is 5.71. The third kappa shape index (κ3) is 1.63. The smallest absolute Gasteiger partial charge is 0.337 e. The monoisotopic (exact) mass is 195 g/mol. The molecule has 1 rings (SSSR count). The molecule has 0 aliphatic heterocycles. The first-order valence-corrected chi connectivity index (χ1v) is 3.88. The van der Waals surface area contributed by atoms with Crippen LogP contribution in [-0.4, -0.2) is 11.1 Å². The summed E-state index contributed by atoms with van der Waals surface area (Å²) in [4.78, 5) is 10.7. The van der Waals surface area contributed by atoms with E-state index < -0.39 is 5.97 Å². The first kappa shape index (κ1) is 9.56. The van der Waals surface area contributed by atoms with E-state index >= 15 is 0 Å². The van der Waals surface area contributed by atoms with Crippen molar-refractivity contribution >= 4 is 17.6 Å². The molecule has 0 aliphatic rings. The number of rotatable bonds is 1. The zero-order valence-corrected chi connectivity index (χ0v) is 7.59. The van der Waals surface area contributed by atoms with E-state index in [9.17, 15) is 4.79 Å². The van der Waals surface area contributed by atoms with E-state index in [1.54, 1.807) is 13.0 Å². The Morgan fingerprint density at radius 2 is 2.23 bits per heavy atom. The Labute approximate surface area is 80.2 Å². The number of aryl methyl sites for hydroxylation is 1. The summed E-state index contributed by atoms with van der Waals surface area (Å²) in [5, 5.41) is 17.4. The van der Waals surface area contributed by atoms with E-state index in [2.05, 4.69) is 0 Å². The molecule has 0 fully saturated rings. The summed E-state index contributed by atoms with van der Waals surface area (Å²) in [5.41, 5.74) is 0.738. The van der Waals surface area contributed by atoms with E-state index in [0.29, 0.717) is 5.56 Å². The van der Waals surface area contributed by atoms with Gasteiger partial charge in [-0.3, -0.25) is 0 Å². The van der Waals surface area contributed by atoms with Crippen molar-refractivity contribution in [1.29, 1.82) is 5.26 Å². The highest BCUT2D eigenvalue weighted by molar-refractivity contribution is 6.34. The van der Waals surface area contributed by atoms with Gasteiger partial charge in [0.05, 0.1) is 16.1 Å². The van der Waals surface area contributed by atoms with Crippen molar-refractivity contribution in [3.8, 4) is 6.07 Å². The summed E-state index contributed by atoms with van der Waals surface area (Å²) in [7, 11) is 0. The summed E-state index contributed by atoms with van der Waals surface area (Å²) in [6.07, 6.45) is 0. The van der Waals surface area contributed by atoms with Crippen LogP contribution in [0, 0.1) is 18.3 Å². The number of carboxylic acid groups (broad SMARTS) is 1. The van der Waals surface area contributed by atoms with Gasteiger partial charge in [0, 0.05) is 0 Å². The van der Waals surface area contributed by atoms with E-state index in [0.717, 1.165) is 0 Å². The summed E-state index contributed by atoms with van der Waals surface area (Å²) in [6, 6.07) is 4.89. The van der Waals surface area contributed by atoms with Crippen LogP contribution < -0.4 is 0 Å². The second-order valence-corrected chi connectivity index (χ2v) is 2.91. The summed E-state index contributed by atoms with van der Waals surface area (Å²) < 4.78 is 0. The quantitative estimate of drug-likeness (QED) is 0.748. The van der Waals surface area contributed by atoms with E-state index in [4.69, 9.17) is 22.0 Å². The highest BCUT2D eigenvalue weighted by Crippen LogP contribution is 2.23. The standard InChI is InChI=1S/C9H6ClNO2/c1-5-2-3-6(4-11)8(10)7(5)9(12)13/h2-3H,1H3,(H,12,13). The number of hydrogen-bond acceptors (Lipinski definition) is 2. The second kappa shape index (κ2) is 3.46. The van der Waals surface area contributed by atoms with Crippen LogP contribution in [0.4, 0.5) is 0 Å². The molecule has 0 aliphatic carbocycles. The van der Waals surface area contributed by atoms with Crippen LogP contribution in [0.3, 0.4) is 0 Å². The molecule has 3 nitrogen and oxygen atoms in total. The molecule has 0 amide bonds. The number of benzene rings is 1. The molecule has 1 N–H and O–H groups in total. The van der Waals surface area contributed by atoms with Crippen LogP contribution >= 0.6 is 11.6 Å². The predicted molar refractivity (Wildman–Crippen MR) is 47.9 cm³/mol. The molecule has 1 aromatic rings. The number of halogens is 1. The molecular formula is C9H6ClNO2. The Bertz CT molecular complexity index is 407. The van der Waals surface area contributed by atoms with Crippen LogP contribution in [0.1, 0.15) is 21.5 Å². The molecule has 0 atom stereocenters. The van der Waals surface area contributed by atoms with Gasteiger partial charge in [0.2, 0.25) is 0 Å². The minimum atomic E-state index is -1.11. The summed E-state index contributed by atoms with van der Waals surface area (Å²) in [5.74, 6) is -1.11. The van der Waals surface area contributed by atoms with Crippen LogP contribution in [0.25, 0.3) is 0 Å². The van der Waals surface area contributed by atoms with Crippen LogP contribution in [0.2, 0.25) is 5.02 Å². The van der Waals surface area contributed by atoms with Gasteiger partial charge in [-0.15, -0.1) is 0 Å². The van der Waals surface area contributed by atoms with Crippen molar-refractivity contribution in [2.45, 2.75) is 6.92 Å². The Balaban J connectivity index is 3.50. The van der Waals surface area contributed by atoms with Crippen molar-refractivity contribution < 1.29 is 9.90 Å². The number of aromatic carboxylic acids is 1. The fourth-order valence-corrected chi connectivity index (χ4v) is 1.36. The minimum absolute atomic E-state index is 0.000664. The highest BCUT2D eigenvalue weighted by atomic mass is 35.5. The van der Waals surface area contributed by atoms with Crippen molar-refractivity contribution in [2.75, 3.05) is 0 Å². The third-order valence-electron chi connectivity index (χ3n) is 1.68. The maximum atomic E-state index is 10.7. The van der Waals surface area contributed by atoms with E-state index in [-0.39, 0.29) is 16.1 Å². The number of carbonyl (C=O) groups is 1. The maximum Gasteiger partial charge on any atom is 0.337 e. The molecule has 4 heteroatoms. The fraction of sp³-hybridized carbons (Fsp3) is 0.111. The Morgan fingerprint density at radius 3 is 2.69 bits per heavy atom. The molecule has 66 valence electrons. The number of nitriles is 1. The molecule has 1 aromatic carbocycles. The Hall–Kier alpha value is -1.53. The molecule has 0 saturated carbocycles. The molecule has 0 heterocycles. The molecule has 0 unspecified atom stereocenters. The molecule has 0 spiro atoms. The number of nitrogens with zero attached hydrogens (tertiary/aromatic N) is 1. The van der Waals surface area contributed by atoms with Crippen molar-refractivity contribution in [3.05, 3.63) is 33.8 Å². The lowest BCUT2D eigenvalue weighted by atomic mass is 10.1. The lowest BCUT2D eigenvalue weighted by Gasteiger charge is -2.03. The molecule has 0 bridgehead atoms. The first-order valence-electron chi connectivity index (χ1n) is 3.50. The molecule has 13 heavy (non-hydrogen) atoms. The van der Waals surface area contributed by atoms with Gasteiger partial charge in [-0.2, -0.15) is 5.26 Å². The van der Waals surface area contributed by atoms with Gasteiger partial charge in [0.25, 0.3) is 0 Å². The summed E-state index contributed by atoms with van der Waals surface area (Å²) in [6.45, 7) is 1.64. The van der Waals surface area contributed by atoms with Crippen LogP contribution in [0.15, 0.2) is 12.1 Å². The Kier molecular flexibility index (Phi) is 2.54. The van der Waals surface area contributed by atoms with Crippen LogP contribution in [-0.2, 0) is 0 Å². The average Bonchev–Trinajstić information content (AvgIpc) is 2.04. The van der Waals surface area contributed by atoms with Crippen molar-refractivity contribution in [1.82, 2.24) is 0 Å². The predicted octanol–water partition coefficient (Wildman–Crippen LogP) is 2.22. The van der Waals surface area contributed by atoms with Gasteiger partial charge in [-0.25, -0.2) is 4.79 Å². The van der Waals surface area contributed by atoms with Crippen molar-refractivity contribution in [3.63, 3.8) is 0 Å². The third-order valence-corrected chi connectivity index (χ3v) is 2.08. The largest absolute Gasteiger partial charge is 0.478 e. The Morgan fingerprint density at radius 1 is 1.62 bits per heavy atom. The molecule has 0 saturated heterocycles. The first-order chi connectivity index (χ1) is 6.07. The minimum Gasteiger partial charge on any atom is -0.478 e. The highest BCUT2D eigenvalue weighted by Gasteiger charge is 2.14. The van der Waals surface area contributed by atoms with Crippen LogP contribution in [0.5, 0.6) is 0 Å². The van der Waals surface area contributed by atoms with Crippen molar-refractivity contribution in [2.24, 2.45) is 0 Å². The van der Waals surface area contributed by atoms with E-state index in [1.165, 1.54) is 6.07 Å².